The van der Waals surface area contributed by atoms with E-state index in [0.717, 1.165) is 23.3 Å². The first-order chi connectivity index (χ1) is 10.2. The molecule has 2 aromatic carbocycles. The van der Waals surface area contributed by atoms with Crippen molar-refractivity contribution in [2.45, 2.75) is 13.0 Å². The van der Waals surface area contributed by atoms with Crippen LogP contribution in [0.2, 0.25) is 10.0 Å². The molecule has 0 bridgehead atoms. The molecular weight excluding hydrogens is 311 g/mol. The number of fused-ring (bicyclic) bond motifs is 1. The molecule has 3 rings (SSSR count). The number of benzene rings is 2. The normalized spacial score (nSPS) is 12.7. The second-order valence-corrected chi connectivity index (χ2v) is 5.55. The van der Waals surface area contributed by atoms with Gasteiger partial charge in [0.1, 0.15) is 18.1 Å². The van der Waals surface area contributed by atoms with Crippen LogP contribution in [0, 0.1) is 0 Å². The molecule has 0 aliphatic carbocycles. The zero-order chi connectivity index (χ0) is 14.8. The van der Waals surface area contributed by atoms with Gasteiger partial charge in [0.05, 0.1) is 17.2 Å². The minimum absolute atomic E-state index is 0.268. The zero-order valence-electron chi connectivity index (χ0n) is 11.1. The third-order valence-corrected chi connectivity index (χ3v) is 3.89. The van der Waals surface area contributed by atoms with Crippen LogP contribution in [0.1, 0.15) is 21.5 Å². The van der Waals surface area contributed by atoms with Crippen molar-refractivity contribution in [3.8, 4) is 11.5 Å². The summed E-state index contributed by atoms with van der Waals surface area (Å²) >= 11 is 12.1. The number of hydrogen-bond donors (Lipinski definition) is 0. The third kappa shape index (κ3) is 2.85. The van der Waals surface area contributed by atoms with Crippen LogP contribution in [0.25, 0.3) is 0 Å². The summed E-state index contributed by atoms with van der Waals surface area (Å²) in [5, 5.41) is 1.02. The van der Waals surface area contributed by atoms with Gasteiger partial charge in [-0.2, -0.15) is 0 Å². The van der Waals surface area contributed by atoms with E-state index in [1.807, 2.05) is 12.1 Å². The highest BCUT2D eigenvalue weighted by molar-refractivity contribution is 6.33. The lowest BCUT2D eigenvalue weighted by Crippen LogP contribution is -2.01. The van der Waals surface area contributed by atoms with E-state index >= 15 is 0 Å². The number of carbonyl (C=O) groups is 1. The SMILES string of the molecule is O=Cc1c(Cl)cccc1OCc1cc(Cl)cc2c1OCC2. The summed E-state index contributed by atoms with van der Waals surface area (Å²) in [4.78, 5) is 11.1. The Labute approximate surface area is 132 Å². The van der Waals surface area contributed by atoms with E-state index in [2.05, 4.69) is 0 Å². The molecule has 108 valence electrons. The quantitative estimate of drug-likeness (QED) is 0.786. The molecule has 0 saturated carbocycles. The molecule has 0 aromatic heterocycles. The van der Waals surface area contributed by atoms with Gasteiger partial charge in [-0.15, -0.1) is 0 Å². The Morgan fingerprint density at radius 1 is 1.29 bits per heavy atom. The highest BCUT2D eigenvalue weighted by Crippen LogP contribution is 2.34. The van der Waals surface area contributed by atoms with Crippen LogP contribution in [-0.2, 0) is 13.0 Å². The van der Waals surface area contributed by atoms with Crippen molar-refractivity contribution in [3.63, 3.8) is 0 Å². The topological polar surface area (TPSA) is 35.5 Å². The van der Waals surface area contributed by atoms with E-state index in [0.29, 0.717) is 34.3 Å². The monoisotopic (exact) mass is 322 g/mol. The van der Waals surface area contributed by atoms with Crippen molar-refractivity contribution in [3.05, 3.63) is 57.1 Å². The molecule has 0 spiro atoms. The number of carbonyl (C=O) groups excluding carboxylic acids is 1. The van der Waals surface area contributed by atoms with Gasteiger partial charge < -0.3 is 9.47 Å². The van der Waals surface area contributed by atoms with Gasteiger partial charge in [0.2, 0.25) is 0 Å². The lowest BCUT2D eigenvalue weighted by molar-refractivity contribution is 0.111. The molecule has 0 N–H and O–H groups in total. The highest BCUT2D eigenvalue weighted by atomic mass is 35.5. The number of ether oxygens (including phenoxy) is 2. The first-order valence-electron chi connectivity index (χ1n) is 6.49. The minimum Gasteiger partial charge on any atom is -0.493 e. The van der Waals surface area contributed by atoms with Crippen LogP contribution < -0.4 is 9.47 Å². The summed E-state index contributed by atoms with van der Waals surface area (Å²) < 4.78 is 11.3. The van der Waals surface area contributed by atoms with E-state index in [1.165, 1.54) is 0 Å². The molecule has 0 fully saturated rings. The fourth-order valence-corrected chi connectivity index (χ4v) is 2.84. The number of aldehydes is 1. The maximum Gasteiger partial charge on any atom is 0.155 e. The summed E-state index contributed by atoms with van der Waals surface area (Å²) in [6, 6.07) is 8.82. The van der Waals surface area contributed by atoms with Gasteiger partial charge in [-0.05, 0) is 29.8 Å². The second-order valence-electron chi connectivity index (χ2n) is 4.71. The molecule has 0 radical (unpaired) electrons. The average molecular weight is 323 g/mol. The van der Waals surface area contributed by atoms with Crippen molar-refractivity contribution in [1.82, 2.24) is 0 Å². The van der Waals surface area contributed by atoms with Gasteiger partial charge in [-0.3, -0.25) is 4.79 Å². The first-order valence-corrected chi connectivity index (χ1v) is 7.25. The fraction of sp³-hybridized carbons (Fsp3) is 0.188. The predicted molar refractivity (Wildman–Crippen MR) is 81.8 cm³/mol. The lowest BCUT2D eigenvalue weighted by Gasteiger charge is -2.12. The molecule has 1 aliphatic rings. The Kier molecular flexibility index (Phi) is 4.04. The molecule has 1 aliphatic heterocycles. The van der Waals surface area contributed by atoms with Crippen molar-refractivity contribution >= 4 is 29.5 Å². The van der Waals surface area contributed by atoms with E-state index in [4.69, 9.17) is 32.7 Å². The van der Waals surface area contributed by atoms with E-state index in [-0.39, 0.29) is 6.61 Å². The standard InChI is InChI=1S/C16H12Cl2O3/c17-12-6-10-4-5-20-16(10)11(7-12)9-21-15-3-1-2-14(18)13(15)8-19/h1-3,6-8H,4-5,9H2. The van der Waals surface area contributed by atoms with Crippen LogP contribution in [-0.4, -0.2) is 12.9 Å². The molecule has 0 saturated heterocycles. The summed E-state index contributed by atoms with van der Waals surface area (Å²) in [6.45, 7) is 0.920. The van der Waals surface area contributed by atoms with Gasteiger partial charge in [0, 0.05) is 17.0 Å². The maximum absolute atomic E-state index is 11.1. The van der Waals surface area contributed by atoms with Gasteiger partial charge >= 0.3 is 0 Å². The summed E-state index contributed by atoms with van der Waals surface area (Å²) in [6.07, 6.45) is 1.54. The van der Waals surface area contributed by atoms with E-state index < -0.39 is 0 Å². The van der Waals surface area contributed by atoms with Gasteiger partial charge in [0.25, 0.3) is 0 Å². The maximum atomic E-state index is 11.1. The van der Waals surface area contributed by atoms with Crippen LogP contribution in [0.15, 0.2) is 30.3 Å². The van der Waals surface area contributed by atoms with Crippen molar-refractivity contribution in [2.75, 3.05) is 6.61 Å². The molecule has 21 heavy (non-hydrogen) atoms. The highest BCUT2D eigenvalue weighted by Gasteiger charge is 2.18. The number of hydrogen-bond acceptors (Lipinski definition) is 3. The Hall–Kier alpha value is -1.71. The first kappa shape index (κ1) is 14.2. The molecule has 3 nitrogen and oxygen atoms in total. The van der Waals surface area contributed by atoms with Crippen molar-refractivity contribution in [1.29, 1.82) is 0 Å². The molecule has 5 heteroatoms. The van der Waals surface area contributed by atoms with Gasteiger partial charge in [0.15, 0.2) is 6.29 Å². The van der Waals surface area contributed by atoms with E-state index in [1.54, 1.807) is 18.2 Å². The van der Waals surface area contributed by atoms with Crippen molar-refractivity contribution < 1.29 is 14.3 Å². The van der Waals surface area contributed by atoms with Crippen molar-refractivity contribution in [2.24, 2.45) is 0 Å². The Morgan fingerprint density at radius 3 is 2.95 bits per heavy atom. The number of halogens is 2. The number of rotatable bonds is 4. The summed E-state index contributed by atoms with van der Waals surface area (Å²) in [5.74, 6) is 1.28. The minimum atomic E-state index is 0.268. The molecule has 0 atom stereocenters. The van der Waals surface area contributed by atoms with E-state index in [9.17, 15) is 4.79 Å². The van der Waals surface area contributed by atoms with Gasteiger partial charge in [-0.1, -0.05) is 29.3 Å². The average Bonchev–Trinajstić information content (AvgIpc) is 2.93. The van der Waals surface area contributed by atoms with Gasteiger partial charge in [-0.25, -0.2) is 0 Å². The Morgan fingerprint density at radius 2 is 2.14 bits per heavy atom. The molecule has 2 aromatic rings. The Balaban J connectivity index is 1.86. The Bertz CT molecular complexity index is 698. The largest absolute Gasteiger partial charge is 0.493 e. The third-order valence-electron chi connectivity index (χ3n) is 3.34. The molecule has 0 amide bonds. The predicted octanol–water partition coefficient (Wildman–Crippen LogP) is 4.32. The van der Waals surface area contributed by atoms with Crippen LogP contribution in [0.3, 0.4) is 0 Å². The zero-order valence-corrected chi connectivity index (χ0v) is 12.6. The molecule has 1 heterocycles. The molecular formula is C16H12Cl2O3. The van der Waals surface area contributed by atoms with Crippen LogP contribution >= 0.6 is 23.2 Å². The summed E-state index contributed by atoms with van der Waals surface area (Å²) in [5.41, 5.74) is 2.30. The smallest absolute Gasteiger partial charge is 0.155 e. The van der Waals surface area contributed by atoms with Crippen LogP contribution in [0.4, 0.5) is 0 Å². The second kappa shape index (κ2) is 5.96. The molecule has 0 unspecified atom stereocenters. The van der Waals surface area contributed by atoms with Crippen LogP contribution in [0.5, 0.6) is 11.5 Å². The summed E-state index contributed by atoms with van der Waals surface area (Å²) in [7, 11) is 0. The fourth-order valence-electron chi connectivity index (χ4n) is 2.37. The lowest BCUT2D eigenvalue weighted by atomic mass is 10.1.